The Balaban J connectivity index is 2.11. The molecule has 0 unspecified atom stereocenters. The molecule has 0 amide bonds. The van der Waals surface area contributed by atoms with E-state index in [4.69, 9.17) is 22.1 Å². The second kappa shape index (κ2) is 7.57. The van der Waals surface area contributed by atoms with Crippen molar-refractivity contribution in [3.8, 4) is 28.1 Å². The van der Waals surface area contributed by atoms with E-state index in [2.05, 4.69) is 42.9 Å². The van der Waals surface area contributed by atoms with Crippen LogP contribution in [-0.2, 0) is 6.42 Å². The van der Waals surface area contributed by atoms with Gasteiger partial charge < -0.3 is 10.5 Å². The Morgan fingerprint density at radius 1 is 1.04 bits per heavy atom. The highest BCUT2D eigenvalue weighted by molar-refractivity contribution is 6.29. The van der Waals surface area contributed by atoms with Gasteiger partial charge in [-0.05, 0) is 47.7 Å². The first-order chi connectivity index (χ1) is 12.8. The summed E-state index contributed by atoms with van der Waals surface area (Å²) in [4.78, 5) is 8.73. The molecular weight excluding hydrogens is 358 g/mol. The molecule has 0 saturated heterocycles. The highest BCUT2D eigenvalue weighted by Gasteiger charge is 2.17. The van der Waals surface area contributed by atoms with Crippen LogP contribution in [0.25, 0.3) is 22.4 Å². The molecule has 3 aromatic rings. The van der Waals surface area contributed by atoms with Crippen LogP contribution in [0.3, 0.4) is 0 Å². The van der Waals surface area contributed by atoms with E-state index in [1.165, 1.54) is 5.56 Å². The van der Waals surface area contributed by atoms with Crippen molar-refractivity contribution in [3.05, 3.63) is 59.4 Å². The van der Waals surface area contributed by atoms with E-state index in [0.29, 0.717) is 16.7 Å². The normalized spacial score (nSPS) is 11.4. The molecule has 0 spiro atoms. The summed E-state index contributed by atoms with van der Waals surface area (Å²) < 4.78 is 5.76. The van der Waals surface area contributed by atoms with Gasteiger partial charge in [0.25, 0.3) is 0 Å². The molecule has 3 rings (SSSR count). The van der Waals surface area contributed by atoms with Crippen molar-refractivity contribution in [2.24, 2.45) is 5.41 Å². The molecule has 1 aromatic carbocycles. The quantitative estimate of drug-likeness (QED) is 0.593. The molecule has 5 heteroatoms. The molecule has 0 aliphatic heterocycles. The van der Waals surface area contributed by atoms with Crippen molar-refractivity contribution in [1.29, 1.82) is 0 Å². The van der Waals surface area contributed by atoms with E-state index in [9.17, 15) is 0 Å². The van der Waals surface area contributed by atoms with Crippen LogP contribution >= 0.6 is 11.6 Å². The van der Waals surface area contributed by atoms with Crippen LogP contribution in [0.2, 0.25) is 5.15 Å². The molecule has 0 aliphatic carbocycles. The van der Waals surface area contributed by atoms with Gasteiger partial charge in [-0.25, -0.2) is 4.98 Å². The van der Waals surface area contributed by atoms with Gasteiger partial charge in [-0.1, -0.05) is 44.5 Å². The Hall–Kier alpha value is -2.59. The molecule has 0 fully saturated rings. The molecule has 2 N–H and O–H groups in total. The fourth-order valence-electron chi connectivity index (χ4n) is 3.19. The highest BCUT2D eigenvalue weighted by Crippen LogP contribution is 2.40. The summed E-state index contributed by atoms with van der Waals surface area (Å²) in [5.41, 5.74) is 11.0. The zero-order valence-electron chi connectivity index (χ0n) is 16.1. The Morgan fingerprint density at radius 3 is 2.44 bits per heavy atom. The number of aromatic nitrogens is 2. The third-order valence-corrected chi connectivity index (χ3v) is 4.45. The highest BCUT2D eigenvalue weighted by atomic mass is 35.5. The number of rotatable bonds is 4. The maximum atomic E-state index is 6.09. The van der Waals surface area contributed by atoms with Crippen LogP contribution in [0.15, 0.2) is 48.7 Å². The molecule has 4 nitrogen and oxygen atoms in total. The summed E-state index contributed by atoms with van der Waals surface area (Å²) >= 11 is 5.94. The number of methoxy groups -OCH3 is 1. The summed E-state index contributed by atoms with van der Waals surface area (Å²) in [6, 6.07) is 13.7. The zero-order valence-corrected chi connectivity index (χ0v) is 16.8. The van der Waals surface area contributed by atoms with Crippen LogP contribution in [0.4, 0.5) is 5.82 Å². The largest absolute Gasteiger partial charge is 0.495 e. The van der Waals surface area contributed by atoms with Gasteiger partial charge in [-0.3, -0.25) is 4.98 Å². The smallest absolute Gasteiger partial charge is 0.136 e. The van der Waals surface area contributed by atoms with Gasteiger partial charge in [0.1, 0.15) is 16.7 Å². The van der Waals surface area contributed by atoms with Gasteiger partial charge in [-0.2, -0.15) is 0 Å². The number of hydrogen-bond acceptors (Lipinski definition) is 4. The van der Waals surface area contributed by atoms with Gasteiger partial charge in [0.15, 0.2) is 0 Å². The molecule has 0 saturated carbocycles. The third-order valence-electron chi connectivity index (χ3n) is 4.23. The molecule has 2 aromatic heterocycles. The van der Waals surface area contributed by atoms with Crippen molar-refractivity contribution in [2.75, 3.05) is 12.8 Å². The minimum atomic E-state index is 0.202. The number of hydrogen-bond donors (Lipinski definition) is 1. The number of pyridine rings is 2. The minimum absolute atomic E-state index is 0.202. The maximum Gasteiger partial charge on any atom is 0.136 e. The summed E-state index contributed by atoms with van der Waals surface area (Å²) in [6.45, 7) is 6.68. The second-order valence-corrected chi connectivity index (χ2v) is 8.13. The lowest BCUT2D eigenvalue weighted by atomic mass is 9.88. The number of nitrogen functional groups attached to an aromatic ring is 1. The summed E-state index contributed by atoms with van der Waals surface area (Å²) in [6.07, 6.45) is 2.82. The van der Waals surface area contributed by atoms with Crippen LogP contribution in [-0.4, -0.2) is 17.1 Å². The molecule has 27 heavy (non-hydrogen) atoms. The molecular formula is C22H24ClN3O. The van der Waals surface area contributed by atoms with E-state index >= 15 is 0 Å². The monoisotopic (exact) mass is 381 g/mol. The van der Waals surface area contributed by atoms with Gasteiger partial charge >= 0.3 is 0 Å². The molecule has 0 radical (unpaired) electrons. The average Bonchev–Trinajstić information content (AvgIpc) is 2.60. The van der Waals surface area contributed by atoms with Crippen LogP contribution in [0.1, 0.15) is 26.3 Å². The van der Waals surface area contributed by atoms with E-state index in [1.807, 2.05) is 30.5 Å². The van der Waals surface area contributed by atoms with E-state index < -0.39 is 0 Å². The van der Waals surface area contributed by atoms with Crippen LogP contribution in [0, 0.1) is 5.41 Å². The first-order valence-electron chi connectivity index (χ1n) is 8.83. The number of halogens is 1. The van der Waals surface area contributed by atoms with Gasteiger partial charge in [0.05, 0.1) is 12.8 Å². The number of anilines is 1. The average molecular weight is 382 g/mol. The topological polar surface area (TPSA) is 61.0 Å². The predicted molar refractivity (Wildman–Crippen MR) is 112 cm³/mol. The first-order valence-corrected chi connectivity index (χ1v) is 9.21. The first kappa shape index (κ1) is 19.2. The van der Waals surface area contributed by atoms with Crippen LogP contribution < -0.4 is 10.5 Å². The number of benzene rings is 1. The predicted octanol–water partition coefficient (Wildman–Crippen LogP) is 5.64. The lowest BCUT2D eigenvalue weighted by molar-refractivity contribution is 0.411. The van der Waals surface area contributed by atoms with E-state index in [-0.39, 0.29) is 5.41 Å². The zero-order chi connectivity index (χ0) is 19.6. The number of nitrogens with zero attached hydrogens (tertiary/aromatic N) is 2. The van der Waals surface area contributed by atoms with Crippen molar-refractivity contribution in [2.45, 2.75) is 27.2 Å². The SMILES string of the molecule is COc1c(-c2cc(CC(C)(C)C)ccn2)cccc1-c1ccc(Cl)nc1N. The molecule has 0 bridgehead atoms. The molecule has 0 aliphatic rings. The summed E-state index contributed by atoms with van der Waals surface area (Å²) in [5, 5.41) is 0.364. The Bertz CT molecular complexity index is 964. The lowest BCUT2D eigenvalue weighted by Gasteiger charge is -2.19. The summed E-state index contributed by atoms with van der Waals surface area (Å²) in [7, 11) is 1.65. The lowest BCUT2D eigenvalue weighted by Crippen LogP contribution is -2.09. The molecule has 140 valence electrons. The summed E-state index contributed by atoms with van der Waals surface area (Å²) in [5.74, 6) is 1.08. The van der Waals surface area contributed by atoms with Crippen molar-refractivity contribution >= 4 is 17.4 Å². The third kappa shape index (κ3) is 4.40. The Kier molecular flexibility index (Phi) is 5.38. The number of para-hydroxylation sites is 1. The number of nitrogens with two attached hydrogens (primary N) is 1. The Labute approximate surface area is 165 Å². The van der Waals surface area contributed by atoms with Crippen molar-refractivity contribution in [1.82, 2.24) is 9.97 Å². The number of ether oxygens (including phenoxy) is 1. The van der Waals surface area contributed by atoms with Crippen molar-refractivity contribution < 1.29 is 4.74 Å². The van der Waals surface area contributed by atoms with E-state index in [1.54, 1.807) is 13.2 Å². The van der Waals surface area contributed by atoms with E-state index in [0.717, 1.165) is 28.8 Å². The van der Waals surface area contributed by atoms with Crippen molar-refractivity contribution in [3.63, 3.8) is 0 Å². The molecule has 0 atom stereocenters. The van der Waals surface area contributed by atoms with Gasteiger partial charge in [0, 0.05) is 22.9 Å². The molecule has 2 heterocycles. The van der Waals surface area contributed by atoms with Gasteiger partial charge in [0.2, 0.25) is 0 Å². The second-order valence-electron chi connectivity index (χ2n) is 7.74. The minimum Gasteiger partial charge on any atom is -0.495 e. The Morgan fingerprint density at radius 2 is 1.78 bits per heavy atom. The maximum absolute atomic E-state index is 6.09. The standard InChI is InChI=1S/C22H24ClN3O/c1-22(2,3)13-14-10-11-25-18(12-14)17-7-5-6-15(20(17)27-4)16-8-9-19(23)26-21(16)24/h5-12H,13H2,1-4H3,(H2,24,26). The fourth-order valence-corrected chi connectivity index (χ4v) is 3.35. The van der Waals surface area contributed by atoms with Gasteiger partial charge in [-0.15, -0.1) is 0 Å². The fraction of sp³-hybridized carbons (Fsp3) is 0.273. The van der Waals surface area contributed by atoms with Crippen LogP contribution in [0.5, 0.6) is 5.75 Å².